The number of aryl methyl sites for hydroxylation is 1. The Hall–Kier alpha value is -2.07. The fourth-order valence-electron chi connectivity index (χ4n) is 1.74. The van der Waals surface area contributed by atoms with E-state index in [2.05, 4.69) is 5.32 Å². The number of hydrogen-bond donors (Lipinski definition) is 2. The molecule has 3 N–H and O–H groups in total. The Morgan fingerprint density at radius 1 is 1.32 bits per heavy atom. The van der Waals surface area contributed by atoms with Gasteiger partial charge in [0.05, 0.1) is 16.3 Å². The Labute approximate surface area is 115 Å². The summed E-state index contributed by atoms with van der Waals surface area (Å²) < 4.78 is 13.2. The molecule has 0 aliphatic heterocycles. The van der Waals surface area contributed by atoms with E-state index >= 15 is 0 Å². The van der Waals surface area contributed by atoms with Gasteiger partial charge in [-0.25, -0.2) is 4.39 Å². The molecule has 0 saturated carbocycles. The van der Waals surface area contributed by atoms with Gasteiger partial charge in [-0.3, -0.25) is 4.79 Å². The maximum Gasteiger partial charge on any atom is 0.257 e. The van der Waals surface area contributed by atoms with Crippen molar-refractivity contribution in [1.29, 1.82) is 0 Å². The summed E-state index contributed by atoms with van der Waals surface area (Å²) in [6.07, 6.45) is 0. The second kappa shape index (κ2) is 5.28. The summed E-state index contributed by atoms with van der Waals surface area (Å²) in [5.41, 5.74) is 7.29. The van der Waals surface area contributed by atoms with Gasteiger partial charge in [-0.2, -0.15) is 0 Å². The van der Waals surface area contributed by atoms with Gasteiger partial charge in [0.15, 0.2) is 0 Å². The van der Waals surface area contributed by atoms with E-state index in [0.717, 1.165) is 5.56 Å². The Morgan fingerprint density at radius 2 is 2.05 bits per heavy atom. The second-order valence-electron chi connectivity index (χ2n) is 4.17. The predicted molar refractivity (Wildman–Crippen MR) is 75.0 cm³/mol. The van der Waals surface area contributed by atoms with Crippen LogP contribution in [-0.2, 0) is 0 Å². The van der Waals surface area contributed by atoms with Crippen molar-refractivity contribution in [3.8, 4) is 0 Å². The highest BCUT2D eigenvalue weighted by Gasteiger charge is 2.12. The number of carbonyl (C=O) groups excluding carboxylic acids is 1. The molecule has 0 fully saturated rings. The van der Waals surface area contributed by atoms with E-state index in [1.165, 1.54) is 12.1 Å². The second-order valence-corrected chi connectivity index (χ2v) is 4.58. The molecule has 3 nitrogen and oxygen atoms in total. The third kappa shape index (κ3) is 3.03. The van der Waals surface area contributed by atoms with E-state index in [-0.39, 0.29) is 11.3 Å². The summed E-state index contributed by atoms with van der Waals surface area (Å²) in [7, 11) is 0. The minimum Gasteiger partial charge on any atom is -0.397 e. The van der Waals surface area contributed by atoms with Gasteiger partial charge >= 0.3 is 0 Å². The lowest BCUT2D eigenvalue weighted by Crippen LogP contribution is -2.14. The minimum atomic E-state index is -0.426. The lowest BCUT2D eigenvalue weighted by molar-refractivity contribution is 0.102. The molecule has 0 aromatic heterocycles. The largest absolute Gasteiger partial charge is 0.397 e. The Kier molecular flexibility index (Phi) is 3.71. The molecule has 0 atom stereocenters. The van der Waals surface area contributed by atoms with Crippen LogP contribution in [0.25, 0.3) is 0 Å². The van der Waals surface area contributed by atoms with E-state index in [0.29, 0.717) is 10.7 Å². The first-order valence-electron chi connectivity index (χ1n) is 5.60. The zero-order valence-corrected chi connectivity index (χ0v) is 11.0. The molecule has 0 aliphatic carbocycles. The van der Waals surface area contributed by atoms with Gasteiger partial charge < -0.3 is 11.1 Å². The third-order valence-electron chi connectivity index (χ3n) is 2.60. The Balaban J connectivity index is 2.28. The average molecular weight is 279 g/mol. The Bertz CT molecular complexity index is 623. The van der Waals surface area contributed by atoms with Crippen molar-refractivity contribution in [2.75, 3.05) is 11.1 Å². The molecular formula is C14H12ClFN2O. The monoisotopic (exact) mass is 278 g/mol. The molecule has 0 saturated heterocycles. The van der Waals surface area contributed by atoms with Gasteiger partial charge in [0.2, 0.25) is 0 Å². The SMILES string of the molecule is Cc1cc(F)cc(NC(=O)c2cccc(Cl)c2N)c1. The zero-order chi connectivity index (χ0) is 14.0. The first kappa shape index (κ1) is 13.4. The van der Waals surface area contributed by atoms with Crippen molar-refractivity contribution in [2.45, 2.75) is 6.92 Å². The van der Waals surface area contributed by atoms with Crippen molar-refractivity contribution >= 4 is 28.9 Å². The lowest BCUT2D eigenvalue weighted by atomic mass is 10.1. The molecule has 0 radical (unpaired) electrons. The van der Waals surface area contributed by atoms with Gasteiger partial charge in [0.1, 0.15) is 5.82 Å². The number of halogens is 2. The molecule has 0 bridgehead atoms. The summed E-state index contributed by atoms with van der Waals surface area (Å²) in [5, 5.41) is 2.90. The van der Waals surface area contributed by atoms with E-state index in [9.17, 15) is 9.18 Å². The van der Waals surface area contributed by atoms with Gasteiger partial charge in [-0.15, -0.1) is 0 Å². The van der Waals surface area contributed by atoms with Crippen molar-refractivity contribution in [3.05, 3.63) is 58.4 Å². The van der Waals surface area contributed by atoms with Crippen LogP contribution in [0.1, 0.15) is 15.9 Å². The standard InChI is InChI=1S/C14H12ClFN2O/c1-8-5-9(16)7-10(6-8)18-14(19)11-3-2-4-12(15)13(11)17/h2-7H,17H2,1H3,(H,18,19). The van der Waals surface area contributed by atoms with Crippen LogP contribution < -0.4 is 11.1 Å². The van der Waals surface area contributed by atoms with E-state index in [1.54, 1.807) is 31.2 Å². The maximum absolute atomic E-state index is 13.2. The third-order valence-corrected chi connectivity index (χ3v) is 2.93. The number of nitrogen functional groups attached to an aromatic ring is 1. The quantitative estimate of drug-likeness (QED) is 0.824. The number of para-hydroxylation sites is 1. The summed E-state index contributed by atoms with van der Waals surface area (Å²) >= 11 is 5.85. The molecule has 2 rings (SSSR count). The smallest absolute Gasteiger partial charge is 0.257 e. The number of nitrogens with one attached hydrogen (secondary N) is 1. The Morgan fingerprint density at radius 3 is 2.74 bits per heavy atom. The number of carbonyl (C=O) groups is 1. The summed E-state index contributed by atoms with van der Waals surface area (Å²) in [4.78, 5) is 12.0. The van der Waals surface area contributed by atoms with Crippen molar-refractivity contribution in [2.24, 2.45) is 0 Å². The van der Waals surface area contributed by atoms with Gasteiger partial charge in [0, 0.05) is 5.69 Å². The number of anilines is 2. The highest BCUT2D eigenvalue weighted by molar-refractivity contribution is 6.34. The average Bonchev–Trinajstić information content (AvgIpc) is 2.31. The normalized spacial score (nSPS) is 10.3. The van der Waals surface area contributed by atoms with Crippen molar-refractivity contribution in [1.82, 2.24) is 0 Å². The number of amides is 1. The maximum atomic E-state index is 13.2. The van der Waals surface area contributed by atoms with Crippen LogP contribution in [-0.4, -0.2) is 5.91 Å². The topological polar surface area (TPSA) is 55.1 Å². The molecule has 0 heterocycles. The zero-order valence-electron chi connectivity index (χ0n) is 10.2. The molecule has 0 spiro atoms. The number of nitrogens with two attached hydrogens (primary N) is 1. The highest BCUT2D eigenvalue weighted by Crippen LogP contribution is 2.23. The van der Waals surface area contributed by atoms with E-state index < -0.39 is 11.7 Å². The molecule has 2 aromatic carbocycles. The number of benzene rings is 2. The summed E-state index contributed by atoms with van der Waals surface area (Å²) in [6.45, 7) is 1.74. The summed E-state index contributed by atoms with van der Waals surface area (Å²) in [6, 6.07) is 9.07. The first-order valence-corrected chi connectivity index (χ1v) is 5.97. The number of hydrogen-bond acceptors (Lipinski definition) is 2. The van der Waals surface area contributed by atoms with Crippen molar-refractivity contribution in [3.63, 3.8) is 0 Å². The van der Waals surface area contributed by atoms with Crippen LogP contribution in [0.5, 0.6) is 0 Å². The van der Waals surface area contributed by atoms with Gasteiger partial charge in [-0.1, -0.05) is 17.7 Å². The molecular weight excluding hydrogens is 267 g/mol. The van der Waals surface area contributed by atoms with Crippen LogP contribution in [0.15, 0.2) is 36.4 Å². The fraction of sp³-hybridized carbons (Fsp3) is 0.0714. The van der Waals surface area contributed by atoms with Gasteiger partial charge in [0.25, 0.3) is 5.91 Å². The molecule has 5 heteroatoms. The molecule has 1 amide bonds. The van der Waals surface area contributed by atoms with Gasteiger partial charge in [-0.05, 0) is 42.8 Å². The molecule has 19 heavy (non-hydrogen) atoms. The van der Waals surface area contributed by atoms with Crippen LogP contribution in [0.3, 0.4) is 0 Å². The molecule has 98 valence electrons. The predicted octanol–water partition coefficient (Wildman–Crippen LogP) is 3.62. The number of rotatable bonds is 2. The van der Waals surface area contributed by atoms with Crippen LogP contribution in [0.2, 0.25) is 5.02 Å². The van der Waals surface area contributed by atoms with E-state index in [1.807, 2.05) is 0 Å². The highest BCUT2D eigenvalue weighted by atomic mass is 35.5. The van der Waals surface area contributed by atoms with Crippen LogP contribution >= 0.6 is 11.6 Å². The van der Waals surface area contributed by atoms with Crippen molar-refractivity contribution < 1.29 is 9.18 Å². The van der Waals surface area contributed by atoms with Crippen LogP contribution in [0, 0.1) is 12.7 Å². The molecule has 0 unspecified atom stereocenters. The van der Waals surface area contributed by atoms with E-state index in [4.69, 9.17) is 17.3 Å². The van der Waals surface area contributed by atoms with Crippen LogP contribution in [0.4, 0.5) is 15.8 Å². The summed E-state index contributed by atoms with van der Waals surface area (Å²) in [5.74, 6) is -0.834. The fourth-order valence-corrected chi connectivity index (χ4v) is 1.92. The lowest BCUT2D eigenvalue weighted by Gasteiger charge is -2.09. The minimum absolute atomic E-state index is 0.204. The molecule has 0 aliphatic rings. The molecule has 2 aromatic rings. The first-order chi connectivity index (χ1) is 8.97.